The SMILES string of the molecule is CNC1CC2CCCC(C1)N2Cc1cc(Br)cs1. The molecule has 0 aliphatic carbocycles. The molecule has 1 aromatic rings. The van der Waals surface area contributed by atoms with Gasteiger partial charge < -0.3 is 5.32 Å². The van der Waals surface area contributed by atoms with E-state index in [-0.39, 0.29) is 0 Å². The molecule has 2 atom stereocenters. The van der Waals surface area contributed by atoms with Gasteiger partial charge in [0.05, 0.1) is 0 Å². The Hall–Kier alpha value is 0.1000. The largest absolute Gasteiger partial charge is 0.317 e. The van der Waals surface area contributed by atoms with Crippen LogP contribution in [0.15, 0.2) is 15.9 Å². The third-order valence-corrected chi connectivity index (χ3v) is 6.18. The highest BCUT2D eigenvalue weighted by atomic mass is 79.9. The predicted molar refractivity (Wildman–Crippen MR) is 81.1 cm³/mol. The summed E-state index contributed by atoms with van der Waals surface area (Å²) in [6, 6.07) is 4.63. The number of halogens is 1. The van der Waals surface area contributed by atoms with Crippen molar-refractivity contribution in [3.8, 4) is 0 Å². The fourth-order valence-corrected chi connectivity index (χ4v) is 5.05. The van der Waals surface area contributed by atoms with Gasteiger partial charge in [-0.3, -0.25) is 4.90 Å². The molecular formula is C14H21BrN2S. The smallest absolute Gasteiger partial charge is 0.0334 e. The lowest BCUT2D eigenvalue weighted by Gasteiger charge is -2.48. The molecule has 0 radical (unpaired) electrons. The summed E-state index contributed by atoms with van der Waals surface area (Å²) in [6.45, 7) is 1.15. The van der Waals surface area contributed by atoms with Gasteiger partial charge in [0.15, 0.2) is 0 Å². The van der Waals surface area contributed by atoms with E-state index in [2.05, 4.69) is 44.6 Å². The third kappa shape index (κ3) is 2.67. The molecule has 1 N–H and O–H groups in total. The summed E-state index contributed by atoms with van der Waals surface area (Å²) in [5, 5.41) is 5.69. The number of piperidine rings is 2. The number of fused-ring (bicyclic) bond motifs is 2. The van der Waals surface area contributed by atoms with Crippen LogP contribution in [0.2, 0.25) is 0 Å². The Morgan fingerprint density at radius 1 is 1.39 bits per heavy atom. The molecular weight excluding hydrogens is 308 g/mol. The van der Waals surface area contributed by atoms with Crippen LogP contribution in [0.3, 0.4) is 0 Å². The van der Waals surface area contributed by atoms with Gasteiger partial charge in [-0.05, 0) is 54.7 Å². The van der Waals surface area contributed by atoms with Gasteiger partial charge >= 0.3 is 0 Å². The van der Waals surface area contributed by atoms with Gasteiger partial charge in [-0.1, -0.05) is 6.42 Å². The average Bonchev–Trinajstić information content (AvgIpc) is 2.74. The summed E-state index contributed by atoms with van der Waals surface area (Å²) in [7, 11) is 2.12. The summed E-state index contributed by atoms with van der Waals surface area (Å²) in [5.74, 6) is 0. The van der Waals surface area contributed by atoms with Crippen molar-refractivity contribution in [1.29, 1.82) is 0 Å². The minimum Gasteiger partial charge on any atom is -0.317 e. The zero-order valence-electron chi connectivity index (χ0n) is 10.9. The van der Waals surface area contributed by atoms with Crippen molar-refractivity contribution in [1.82, 2.24) is 10.2 Å². The summed E-state index contributed by atoms with van der Waals surface area (Å²) in [6.07, 6.45) is 6.87. The lowest BCUT2D eigenvalue weighted by molar-refractivity contribution is 0.0198. The Morgan fingerprint density at radius 2 is 2.11 bits per heavy atom. The third-order valence-electron chi connectivity index (χ3n) is 4.49. The van der Waals surface area contributed by atoms with Crippen molar-refractivity contribution in [2.45, 2.75) is 56.8 Å². The molecule has 0 spiro atoms. The Bertz CT molecular complexity index is 392. The molecule has 0 aromatic carbocycles. The van der Waals surface area contributed by atoms with Crippen LogP contribution in [0.25, 0.3) is 0 Å². The minimum absolute atomic E-state index is 0.742. The molecule has 2 bridgehead atoms. The van der Waals surface area contributed by atoms with Gasteiger partial charge in [-0.2, -0.15) is 0 Å². The first-order valence-electron chi connectivity index (χ1n) is 6.92. The van der Waals surface area contributed by atoms with Crippen LogP contribution in [0, 0.1) is 0 Å². The molecule has 2 fully saturated rings. The molecule has 2 aliphatic heterocycles. The van der Waals surface area contributed by atoms with Crippen LogP contribution in [0.5, 0.6) is 0 Å². The first-order chi connectivity index (χ1) is 8.76. The fourth-order valence-electron chi connectivity index (χ4n) is 3.59. The second kappa shape index (κ2) is 5.61. The first-order valence-corrected chi connectivity index (χ1v) is 8.59. The lowest BCUT2D eigenvalue weighted by atomic mass is 9.82. The van der Waals surface area contributed by atoms with Crippen LogP contribution < -0.4 is 5.32 Å². The fraction of sp³-hybridized carbons (Fsp3) is 0.714. The van der Waals surface area contributed by atoms with E-state index in [1.165, 1.54) is 41.5 Å². The van der Waals surface area contributed by atoms with E-state index in [0.29, 0.717) is 0 Å². The molecule has 100 valence electrons. The second-order valence-corrected chi connectivity index (χ2v) is 7.51. The van der Waals surface area contributed by atoms with Gasteiger partial charge in [-0.15, -0.1) is 11.3 Å². The lowest BCUT2D eigenvalue weighted by Crippen LogP contribution is -2.55. The summed E-state index contributed by atoms with van der Waals surface area (Å²) in [4.78, 5) is 4.27. The highest BCUT2D eigenvalue weighted by Gasteiger charge is 2.37. The van der Waals surface area contributed by atoms with Crippen molar-refractivity contribution < 1.29 is 0 Å². The van der Waals surface area contributed by atoms with Crippen molar-refractivity contribution in [3.63, 3.8) is 0 Å². The van der Waals surface area contributed by atoms with Gasteiger partial charge in [0.2, 0.25) is 0 Å². The molecule has 0 saturated carbocycles. The molecule has 3 rings (SSSR count). The van der Waals surface area contributed by atoms with Gasteiger partial charge in [0.25, 0.3) is 0 Å². The quantitative estimate of drug-likeness (QED) is 0.911. The number of hydrogen-bond donors (Lipinski definition) is 1. The number of rotatable bonds is 3. The van der Waals surface area contributed by atoms with Crippen LogP contribution >= 0.6 is 27.3 Å². The Morgan fingerprint density at radius 3 is 2.67 bits per heavy atom. The molecule has 2 aliphatic rings. The molecule has 2 saturated heterocycles. The molecule has 1 aromatic heterocycles. The molecule has 0 amide bonds. The van der Waals surface area contributed by atoms with Crippen LogP contribution in [0.1, 0.15) is 37.0 Å². The normalized spacial score (nSPS) is 32.7. The van der Waals surface area contributed by atoms with Gasteiger partial charge in [0, 0.05) is 39.4 Å². The van der Waals surface area contributed by atoms with E-state index in [0.717, 1.165) is 24.7 Å². The summed E-state index contributed by atoms with van der Waals surface area (Å²) >= 11 is 5.45. The van der Waals surface area contributed by atoms with E-state index in [1.807, 2.05) is 11.3 Å². The molecule has 4 heteroatoms. The zero-order valence-corrected chi connectivity index (χ0v) is 13.3. The Kier molecular flexibility index (Phi) is 4.09. The summed E-state index contributed by atoms with van der Waals surface area (Å²) < 4.78 is 1.23. The number of nitrogens with one attached hydrogen (secondary N) is 1. The van der Waals surface area contributed by atoms with Crippen LogP contribution in [0.4, 0.5) is 0 Å². The first kappa shape index (κ1) is 13.1. The maximum absolute atomic E-state index is 3.56. The van der Waals surface area contributed by atoms with E-state index >= 15 is 0 Å². The Labute approximate surface area is 122 Å². The van der Waals surface area contributed by atoms with Gasteiger partial charge in [-0.25, -0.2) is 0 Å². The molecule has 2 unspecified atom stereocenters. The van der Waals surface area contributed by atoms with Crippen molar-refractivity contribution >= 4 is 27.3 Å². The number of thiophene rings is 1. The maximum Gasteiger partial charge on any atom is 0.0334 e. The highest BCUT2D eigenvalue weighted by Crippen LogP contribution is 2.36. The topological polar surface area (TPSA) is 15.3 Å². The molecule has 18 heavy (non-hydrogen) atoms. The zero-order chi connectivity index (χ0) is 12.5. The summed E-state index contributed by atoms with van der Waals surface area (Å²) in [5.41, 5.74) is 0. The Balaban J connectivity index is 1.71. The van der Waals surface area contributed by atoms with Crippen LogP contribution in [-0.2, 0) is 6.54 Å². The van der Waals surface area contributed by atoms with Crippen molar-refractivity contribution in [3.05, 3.63) is 20.8 Å². The van der Waals surface area contributed by atoms with E-state index in [4.69, 9.17) is 0 Å². The monoisotopic (exact) mass is 328 g/mol. The van der Waals surface area contributed by atoms with E-state index in [1.54, 1.807) is 0 Å². The maximum atomic E-state index is 3.56. The van der Waals surface area contributed by atoms with Crippen molar-refractivity contribution in [2.24, 2.45) is 0 Å². The standard InChI is InChI=1S/C14H21BrN2S/c1-16-11-6-12-3-2-4-13(7-11)17(12)8-14-5-10(15)9-18-14/h5,9,11-13,16H,2-4,6-8H2,1H3. The molecule has 3 heterocycles. The highest BCUT2D eigenvalue weighted by molar-refractivity contribution is 9.10. The predicted octanol–water partition coefficient (Wildman–Crippen LogP) is 3.62. The second-order valence-electron chi connectivity index (χ2n) is 5.60. The minimum atomic E-state index is 0.742. The van der Waals surface area contributed by atoms with Crippen LogP contribution in [-0.4, -0.2) is 30.1 Å². The van der Waals surface area contributed by atoms with Crippen molar-refractivity contribution in [2.75, 3.05) is 7.05 Å². The van der Waals surface area contributed by atoms with Gasteiger partial charge in [0.1, 0.15) is 0 Å². The number of hydrogen-bond acceptors (Lipinski definition) is 3. The molecule has 2 nitrogen and oxygen atoms in total. The average molecular weight is 329 g/mol. The van der Waals surface area contributed by atoms with E-state index < -0.39 is 0 Å². The number of nitrogens with zero attached hydrogens (tertiary/aromatic N) is 1. The van der Waals surface area contributed by atoms with E-state index in [9.17, 15) is 0 Å².